The van der Waals surface area contributed by atoms with Gasteiger partial charge in [-0.05, 0) is 93.0 Å². The van der Waals surface area contributed by atoms with Crippen molar-refractivity contribution in [3.63, 3.8) is 0 Å². The minimum atomic E-state index is -4.45. The van der Waals surface area contributed by atoms with Gasteiger partial charge in [0.25, 0.3) is 0 Å². The van der Waals surface area contributed by atoms with E-state index in [1.165, 1.54) is 0 Å². The molecule has 2 aromatic rings. The van der Waals surface area contributed by atoms with E-state index in [-0.39, 0.29) is 50.5 Å². The van der Waals surface area contributed by atoms with Crippen molar-refractivity contribution in [2.75, 3.05) is 12.3 Å². The van der Waals surface area contributed by atoms with E-state index in [2.05, 4.69) is 0 Å². The SMILES string of the molecule is CC(C)(C)c1cc(CCCP(=O)([O-])[O-])cc(C(C)(C)C)c1O.CC(C)(C)c1cc(CCCP(=O)([O-])[O-])cc(C(C)(C)C)c1O.[Ni+4]. The third kappa shape index (κ3) is 15.1. The van der Waals surface area contributed by atoms with Gasteiger partial charge in [0.2, 0.25) is 0 Å². The Kier molecular flexibility index (Phi) is 15.4. The van der Waals surface area contributed by atoms with Gasteiger partial charge in [-0.3, -0.25) is 0 Å². The van der Waals surface area contributed by atoms with Crippen LogP contribution in [0.25, 0.3) is 0 Å². The fourth-order valence-electron chi connectivity index (χ4n) is 4.92. The molecular weight excluding hydrogens is 657 g/mol. The van der Waals surface area contributed by atoms with E-state index >= 15 is 0 Å². The van der Waals surface area contributed by atoms with E-state index in [0.29, 0.717) is 37.2 Å². The fraction of sp³-hybridized carbons (Fsp3) is 0.647. The minimum absolute atomic E-state index is 0. The van der Waals surface area contributed by atoms with E-state index in [4.69, 9.17) is 0 Å². The normalized spacial score (nSPS) is 13.2. The van der Waals surface area contributed by atoms with E-state index in [1.807, 2.05) is 107 Å². The second-order valence-electron chi connectivity index (χ2n) is 16.0. The third-order valence-electron chi connectivity index (χ3n) is 7.37. The first-order chi connectivity index (χ1) is 19.4. The van der Waals surface area contributed by atoms with Gasteiger partial charge in [0, 0.05) is 0 Å². The maximum absolute atomic E-state index is 10.8. The van der Waals surface area contributed by atoms with Crippen LogP contribution in [-0.2, 0) is 60.1 Å². The summed E-state index contributed by atoms with van der Waals surface area (Å²) in [7, 11) is -8.90. The standard InChI is InChI=1S/2C17H29O4P.Ni/c2*1-16(2,3)13-10-12(8-7-9-22(19,20)21)11-14(15(13)18)17(4,5)6;/h2*10-11,18H,7-9H2,1-6H3,(H2,19,20,21);/q;;+4/p-4. The molecule has 11 heteroatoms. The Labute approximate surface area is 281 Å². The molecule has 2 rings (SSSR count). The number of aromatic hydroxyl groups is 2. The van der Waals surface area contributed by atoms with Crippen molar-refractivity contribution in [2.24, 2.45) is 0 Å². The van der Waals surface area contributed by atoms with Crippen LogP contribution in [0.3, 0.4) is 0 Å². The van der Waals surface area contributed by atoms with Crippen LogP contribution in [0.15, 0.2) is 24.3 Å². The summed E-state index contributed by atoms with van der Waals surface area (Å²) >= 11 is 0. The topological polar surface area (TPSA) is 167 Å². The molecule has 0 bridgehead atoms. The van der Waals surface area contributed by atoms with Gasteiger partial charge in [-0.25, -0.2) is 0 Å². The van der Waals surface area contributed by atoms with Gasteiger partial charge in [-0.1, -0.05) is 123 Å². The first-order valence-corrected chi connectivity index (χ1v) is 18.6. The van der Waals surface area contributed by atoms with Crippen LogP contribution in [0.4, 0.5) is 0 Å². The monoisotopic (exact) mass is 710 g/mol. The average molecular weight is 711 g/mol. The van der Waals surface area contributed by atoms with Crippen LogP contribution in [0.5, 0.6) is 11.5 Å². The molecule has 0 aromatic heterocycles. The molecule has 0 fully saturated rings. The molecule has 0 radical (unpaired) electrons. The van der Waals surface area contributed by atoms with Crippen molar-refractivity contribution < 1.29 is 55.4 Å². The minimum Gasteiger partial charge on any atom is -0.811 e. The Morgan fingerprint density at radius 2 is 0.711 bits per heavy atom. The first-order valence-electron chi connectivity index (χ1n) is 15.2. The van der Waals surface area contributed by atoms with Crippen molar-refractivity contribution >= 4 is 15.2 Å². The number of hydrogen-bond acceptors (Lipinski definition) is 8. The smallest absolute Gasteiger partial charge is 0.811 e. The van der Waals surface area contributed by atoms with Gasteiger partial charge in [0.1, 0.15) is 11.5 Å². The predicted molar refractivity (Wildman–Crippen MR) is 173 cm³/mol. The zero-order valence-electron chi connectivity index (χ0n) is 29.1. The molecule has 0 unspecified atom stereocenters. The predicted octanol–water partition coefficient (Wildman–Crippen LogP) is 5.66. The van der Waals surface area contributed by atoms with Crippen molar-refractivity contribution in [2.45, 2.75) is 130 Å². The van der Waals surface area contributed by atoms with Crippen molar-refractivity contribution in [1.82, 2.24) is 0 Å². The molecule has 258 valence electrons. The number of benzene rings is 2. The average Bonchev–Trinajstić information content (AvgIpc) is 2.76. The van der Waals surface area contributed by atoms with Crippen LogP contribution >= 0.6 is 15.2 Å². The maximum atomic E-state index is 10.8. The molecule has 0 atom stereocenters. The second-order valence-corrected chi connectivity index (χ2v) is 19.3. The summed E-state index contributed by atoms with van der Waals surface area (Å²) in [6, 6.07) is 7.69. The van der Waals surface area contributed by atoms with Crippen molar-refractivity contribution in [1.29, 1.82) is 0 Å². The number of aryl methyl sites for hydroxylation is 2. The summed E-state index contributed by atoms with van der Waals surface area (Å²) in [6.07, 6.45) is 0.986. The van der Waals surface area contributed by atoms with Crippen LogP contribution in [0.1, 0.15) is 129 Å². The number of phenolic OH excluding ortho intramolecular Hbond substituents is 2. The van der Waals surface area contributed by atoms with Crippen LogP contribution in [0.2, 0.25) is 0 Å². The summed E-state index contributed by atoms with van der Waals surface area (Å²) in [4.78, 5) is 43.0. The molecule has 45 heavy (non-hydrogen) atoms. The Bertz CT molecular complexity index is 1190. The molecule has 0 aliphatic rings. The Hall–Kier alpha value is -1.17. The molecule has 2 aromatic carbocycles. The van der Waals surface area contributed by atoms with Crippen LogP contribution in [0, 0.1) is 0 Å². The summed E-state index contributed by atoms with van der Waals surface area (Å²) < 4.78 is 21.5. The van der Waals surface area contributed by atoms with Gasteiger partial charge >= 0.3 is 16.5 Å². The van der Waals surface area contributed by atoms with E-state index < -0.39 is 15.2 Å². The maximum Gasteiger partial charge on any atom is 4.00 e. The second kappa shape index (κ2) is 15.8. The largest absolute Gasteiger partial charge is 4.00 e. The molecule has 0 amide bonds. The van der Waals surface area contributed by atoms with Gasteiger partial charge in [0.05, 0.1) is 0 Å². The number of phenols is 2. The fourth-order valence-corrected chi connectivity index (χ4v) is 6.01. The Morgan fingerprint density at radius 1 is 0.511 bits per heavy atom. The third-order valence-corrected chi connectivity index (χ3v) is 9.09. The van der Waals surface area contributed by atoms with Gasteiger partial charge in [-0.2, -0.15) is 0 Å². The number of hydrogen-bond donors (Lipinski definition) is 2. The molecular formula is C34H54NiO8P2. The van der Waals surface area contributed by atoms with E-state index in [0.717, 1.165) is 33.4 Å². The molecule has 8 nitrogen and oxygen atoms in total. The first kappa shape index (κ1) is 43.8. The zero-order valence-corrected chi connectivity index (χ0v) is 31.9. The molecule has 0 saturated heterocycles. The van der Waals surface area contributed by atoms with Crippen LogP contribution in [-0.4, -0.2) is 22.5 Å². The van der Waals surface area contributed by atoms with Crippen molar-refractivity contribution in [3.8, 4) is 11.5 Å². The quantitative estimate of drug-likeness (QED) is 0.261. The molecule has 0 spiro atoms. The molecule has 0 heterocycles. The summed E-state index contributed by atoms with van der Waals surface area (Å²) in [5.74, 6) is 0.615. The zero-order chi connectivity index (χ0) is 34.7. The van der Waals surface area contributed by atoms with Gasteiger partial charge in [-0.15, -0.1) is 0 Å². The molecule has 0 aliphatic carbocycles. The summed E-state index contributed by atoms with van der Waals surface area (Å²) in [5.41, 5.74) is 4.45. The molecule has 0 aliphatic heterocycles. The van der Waals surface area contributed by atoms with E-state index in [9.17, 15) is 38.9 Å². The Morgan fingerprint density at radius 3 is 0.867 bits per heavy atom. The van der Waals surface area contributed by atoms with Crippen molar-refractivity contribution in [3.05, 3.63) is 57.6 Å². The van der Waals surface area contributed by atoms with Crippen LogP contribution < -0.4 is 19.6 Å². The Balaban J connectivity index is 0.000000842. The van der Waals surface area contributed by atoms with Gasteiger partial charge < -0.3 is 38.9 Å². The summed E-state index contributed by atoms with van der Waals surface area (Å²) in [6.45, 7) is 24.4. The number of rotatable bonds is 8. The summed E-state index contributed by atoms with van der Waals surface area (Å²) in [5, 5.41) is 21.2. The molecule has 2 N–H and O–H groups in total. The molecule has 0 saturated carbocycles. The van der Waals surface area contributed by atoms with E-state index in [1.54, 1.807) is 0 Å². The van der Waals surface area contributed by atoms with Gasteiger partial charge in [0.15, 0.2) is 0 Å².